The Morgan fingerprint density at radius 2 is 2.22 bits per heavy atom. The van der Waals surface area contributed by atoms with Gasteiger partial charge in [-0.25, -0.2) is 0 Å². The molecule has 18 heavy (non-hydrogen) atoms. The average Bonchev–Trinajstić information content (AvgIpc) is 2.78. The third-order valence-electron chi connectivity index (χ3n) is 2.85. The van der Waals surface area contributed by atoms with E-state index in [9.17, 15) is 4.79 Å². The molecule has 2 N–H and O–H groups in total. The molecule has 1 unspecified atom stereocenters. The smallest absolute Gasteiger partial charge is 0.252 e. The predicted molar refractivity (Wildman–Crippen MR) is 77.1 cm³/mol. The van der Waals surface area contributed by atoms with Crippen molar-refractivity contribution in [1.29, 1.82) is 0 Å². The molecule has 1 amide bonds. The van der Waals surface area contributed by atoms with Crippen molar-refractivity contribution in [2.24, 2.45) is 0 Å². The van der Waals surface area contributed by atoms with Gasteiger partial charge in [-0.2, -0.15) is 0 Å². The van der Waals surface area contributed by atoms with Crippen LogP contribution in [0.3, 0.4) is 0 Å². The number of amides is 1. The van der Waals surface area contributed by atoms with Gasteiger partial charge in [0, 0.05) is 17.6 Å². The maximum absolute atomic E-state index is 11.9. The zero-order valence-corrected chi connectivity index (χ0v) is 12.0. The molecule has 0 saturated carbocycles. The van der Waals surface area contributed by atoms with Crippen LogP contribution in [0.5, 0.6) is 0 Å². The second-order valence-corrected chi connectivity index (χ2v) is 4.97. The minimum Gasteiger partial charge on any atom is -0.350 e. The second-order valence-electron chi connectivity index (χ2n) is 4.13. The van der Waals surface area contributed by atoms with E-state index in [1.165, 1.54) is 6.42 Å². The highest BCUT2D eigenvalue weighted by molar-refractivity contribution is 6.36. The molecule has 1 aromatic carbocycles. The van der Waals surface area contributed by atoms with Gasteiger partial charge < -0.3 is 10.6 Å². The van der Waals surface area contributed by atoms with E-state index >= 15 is 0 Å². The van der Waals surface area contributed by atoms with Gasteiger partial charge in [-0.3, -0.25) is 4.79 Å². The van der Waals surface area contributed by atoms with Crippen LogP contribution in [0.15, 0.2) is 18.2 Å². The number of hydrogen-bond donors (Lipinski definition) is 2. The number of halogens is 3. The molecule has 0 spiro atoms. The van der Waals surface area contributed by atoms with Crippen LogP contribution in [0, 0.1) is 0 Å². The van der Waals surface area contributed by atoms with Gasteiger partial charge in [0.1, 0.15) is 0 Å². The molecule has 1 fully saturated rings. The monoisotopic (exact) mass is 308 g/mol. The maximum Gasteiger partial charge on any atom is 0.252 e. The molecule has 1 aliphatic heterocycles. The summed E-state index contributed by atoms with van der Waals surface area (Å²) in [7, 11) is 0. The van der Waals surface area contributed by atoms with Crippen LogP contribution in [0.1, 0.15) is 23.2 Å². The van der Waals surface area contributed by atoms with E-state index in [0.717, 1.165) is 13.0 Å². The van der Waals surface area contributed by atoms with E-state index in [1.807, 2.05) is 0 Å². The lowest BCUT2D eigenvalue weighted by molar-refractivity contribution is 0.0950. The molecule has 0 radical (unpaired) electrons. The summed E-state index contributed by atoms with van der Waals surface area (Å²) in [5, 5.41) is 7.11. The third kappa shape index (κ3) is 4.02. The average molecular weight is 310 g/mol. The van der Waals surface area contributed by atoms with Crippen LogP contribution in [0.2, 0.25) is 10.0 Å². The summed E-state index contributed by atoms with van der Waals surface area (Å²) in [6.45, 7) is 1.67. The van der Waals surface area contributed by atoms with E-state index in [-0.39, 0.29) is 18.3 Å². The Morgan fingerprint density at radius 1 is 1.44 bits per heavy atom. The Labute approximate surface area is 123 Å². The quantitative estimate of drug-likeness (QED) is 0.901. The fourth-order valence-electron chi connectivity index (χ4n) is 1.92. The van der Waals surface area contributed by atoms with Gasteiger partial charge in [-0.05, 0) is 37.6 Å². The van der Waals surface area contributed by atoms with E-state index < -0.39 is 0 Å². The lowest BCUT2D eigenvalue weighted by Gasteiger charge is -2.12. The predicted octanol–water partition coefficient (Wildman–Crippen LogP) is 2.90. The van der Waals surface area contributed by atoms with Crippen LogP contribution in [0.4, 0.5) is 0 Å². The molecular formula is C12H15Cl3N2O. The van der Waals surface area contributed by atoms with Crippen molar-refractivity contribution in [3.63, 3.8) is 0 Å². The summed E-state index contributed by atoms with van der Waals surface area (Å²) in [6.07, 6.45) is 2.27. The number of carbonyl (C=O) groups excluding carboxylic acids is 1. The summed E-state index contributed by atoms with van der Waals surface area (Å²) in [5.74, 6) is -0.152. The van der Waals surface area contributed by atoms with Crippen molar-refractivity contribution in [1.82, 2.24) is 10.6 Å². The van der Waals surface area contributed by atoms with Gasteiger partial charge in [0.15, 0.2) is 0 Å². The van der Waals surface area contributed by atoms with E-state index in [4.69, 9.17) is 23.2 Å². The lowest BCUT2D eigenvalue weighted by Crippen LogP contribution is -2.37. The molecule has 1 atom stereocenters. The molecular weight excluding hydrogens is 295 g/mol. The van der Waals surface area contributed by atoms with Crippen molar-refractivity contribution in [2.45, 2.75) is 18.9 Å². The number of benzene rings is 1. The van der Waals surface area contributed by atoms with Gasteiger partial charge in [-0.15, -0.1) is 12.4 Å². The highest BCUT2D eigenvalue weighted by Gasteiger charge is 2.16. The van der Waals surface area contributed by atoms with Crippen molar-refractivity contribution in [3.05, 3.63) is 33.8 Å². The first-order chi connectivity index (χ1) is 8.16. The zero-order chi connectivity index (χ0) is 12.3. The number of hydrogen-bond acceptors (Lipinski definition) is 2. The minimum atomic E-state index is -0.152. The molecule has 0 aromatic heterocycles. The number of nitrogens with one attached hydrogen (secondary N) is 2. The number of carbonyl (C=O) groups is 1. The second kappa shape index (κ2) is 7.19. The van der Waals surface area contributed by atoms with E-state index in [1.54, 1.807) is 18.2 Å². The summed E-state index contributed by atoms with van der Waals surface area (Å²) in [5.41, 5.74) is 0.467. The largest absolute Gasteiger partial charge is 0.350 e. The Morgan fingerprint density at radius 3 is 2.83 bits per heavy atom. The molecule has 1 aliphatic rings. The Hall–Kier alpha value is -0.480. The first-order valence-corrected chi connectivity index (χ1v) is 6.39. The highest BCUT2D eigenvalue weighted by Crippen LogP contribution is 2.20. The SMILES string of the molecule is Cl.O=C(NCC1CCCN1)c1ccc(Cl)cc1Cl. The van der Waals surface area contributed by atoms with Crippen LogP contribution in [0.25, 0.3) is 0 Å². The first-order valence-electron chi connectivity index (χ1n) is 5.63. The van der Waals surface area contributed by atoms with Gasteiger partial charge in [0.25, 0.3) is 5.91 Å². The van der Waals surface area contributed by atoms with Gasteiger partial charge in [-0.1, -0.05) is 23.2 Å². The van der Waals surface area contributed by atoms with Crippen LogP contribution in [-0.2, 0) is 0 Å². The summed E-state index contributed by atoms with van der Waals surface area (Å²) in [4.78, 5) is 11.9. The molecule has 1 saturated heterocycles. The minimum absolute atomic E-state index is 0. The van der Waals surface area contributed by atoms with Crippen molar-refractivity contribution >= 4 is 41.5 Å². The normalized spacial score (nSPS) is 18.2. The fourth-order valence-corrected chi connectivity index (χ4v) is 2.41. The van der Waals surface area contributed by atoms with Gasteiger partial charge in [0.2, 0.25) is 0 Å². The maximum atomic E-state index is 11.9. The summed E-state index contributed by atoms with van der Waals surface area (Å²) in [6, 6.07) is 5.26. The van der Waals surface area contributed by atoms with Crippen LogP contribution >= 0.6 is 35.6 Å². The fraction of sp³-hybridized carbons (Fsp3) is 0.417. The summed E-state index contributed by atoms with van der Waals surface area (Å²) < 4.78 is 0. The van der Waals surface area contributed by atoms with Gasteiger partial charge >= 0.3 is 0 Å². The standard InChI is InChI=1S/C12H14Cl2N2O.ClH/c13-8-3-4-10(11(14)6-8)12(17)16-7-9-2-1-5-15-9;/h3-4,6,9,15H,1-2,5,7H2,(H,16,17);1H. The van der Waals surface area contributed by atoms with E-state index in [0.29, 0.717) is 28.2 Å². The topological polar surface area (TPSA) is 41.1 Å². The molecule has 0 aliphatic carbocycles. The molecule has 1 heterocycles. The Balaban J connectivity index is 0.00000162. The first kappa shape index (κ1) is 15.6. The zero-order valence-electron chi connectivity index (χ0n) is 9.71. The molecule has 2 rings (SSSR count). The Kier molecular flexibility index (Phi) is 6.22. The van der Waals surface area contributed by atoms with Crippen molar-refractivity contribution < 1.29 is 4.79 Å². The number of rotatable bonds is 3. The van der Waals surface area contributed by atoms with Crippen molar-refractivity contribution in [2.75, 3.05) is 13.1 Å². The molecule has 0 bridgehead atoms. The van der Waals surface area contributed by atoms with E-state index in [2.05, 4.69) is 10.6 Å². The van der Waals surface area contributed by atoms with Crippen LogP contribution < -0.4 is 10.6 Å². The van der Waals surface area contributed by atoms with Crippen LogP contribution in [-0.4, -0.2) is 25.0 Å². The van der Waals surface area contributed by atoms with Gasteiger partial charge in [0.05, 0.1) is 10.6 Å². The molecule has 100 valence electrons. The lowest BCUT2D eigenvalue weighted by atomic mass is 10.2. The summed E-state index contributed by atoms with van der Waals surface area (Å²) >= 11 is 11.7. The molecule has 6 heteroatoms. The Bertz CT molecular complexity index is 420. The third-order valence-corrected chi connectivity index (χ3v) is 3.39. The molecule has 3 nitrogen and oxygen atoms in total. The molecule has 1 aromatic rings. The van der Waals surface area contributed by atoms with Crippen molar-refractivity contribution in [3.8, 4) is 0 Å². The highest BCUT2D eigenvalue weighted by atomic mass is 35.5.